The van der Waals surface area contributed by atoms with Crippen LogP contribution in [-0.4, -0.2) is 31.1 Å². The molecule has 3 heteroatoms. The van der Waals surface area contributed by atoms with Gasteiger partial charge >= 0.3 is 0 Å². The maximum atomic E-state index is 6.32. The van der Waals surface area contributed by atoms with E-state index in [9.17, 15) is 0 Å². The van der Waals surface area contributed by atoms with Crippen LogP contribution in [0.2, 0.25) is 0 Å². The van der Waals surface area contributed by atoms with Crippen LogP contribution in [0.25, 0.3) is 0 Å². The number of methoxy groups -OCH3 is 1. The lowest BCUT2D eigenvalue weighted by atomic mass is 9.85. The fourth-order valence-corrected chi connectivity index (χ4v) is 3.37. The van der Waals surface area contributed by atoms with E-state index < -0.39 is 0 Å². The van der Waals surface area contributed by atoms with Gasteiger partial charge in [0.25, 0.3) is 0 Å². The van der Waals surface area contributed by atoms with Crippen LogP contribution in [0.5, 0.6) is 5.75 Å². The van der Waals surface area contributed by atoms with Crippen molar-refractivity contribution < 1.29 is 4.74 Å². The largest absolute Gasteiger partial charge is 0.497 e. The first-order valence-corrected chi connectivity index (χ1v) is 8.06. The molecule has 1 aliphatic heterocycles. The van der Waals surface area contributed by atoms with Crippen molar-refractivity contribution in [2.45, 2.75) is 52.1 Å². The first-order valence-electron chi connectivity index (χ1n) is 8.06. The van der Waals surface area contributed by atoms with Crippen LogP contribution in [-0.2, 0) is 0 Å². The molecule has 0 aromatic heterocycles. The Morgan fingerprint density at radius 1 is 1.14 bits per heavy atom. The highest BCUT2D eigenvalue weighted by Gasteiger charge is 2.29. The second kappa shape index (κ2) is 6.80. The second-order valence-electron chi connectivity index (χ2n) is 7.13. The minimum absolute atomic E-state index is 0.125. The van der Waals surface area contributed by atoms with Gasteiger partial charge in [-0.05, 0) is 62.4 Å². The van der Waals surface area contributed by atoms with Crippen molar-refractivity contribution >= 4 is 0 Å². The molecule has 1 aromatic carbocycles. The average Bonchev–Trinajstić information content (AvgIpc) is 2.61. The molecule has 0 spiro atoms. The molecule has 1 heterocycles. The summed E-state index contributed by atoms with van der Waals surface area (Å²) in [4.78, 5) is 2.57. The molecule has 0 saturated carbocycles. The molecule has 0 radical (unpaired) electrons. The highest BCUT2D eigenvalue weighted by Crippen LogP contribution is 2.34. The van der Waals surface area contributed by atoms with E-state index in [0.29, 0.717) is 11.5 Å². The number of hydrogen-bond donors (Lipinski definition) is 1. The zero-order chi connectivity index (χ0) is 15.5. The third-order valence-electron chi connectivity index (χ3n) is 4.72. The monoisotopic (exact) mass is 290 g/mol. The van der Waals surface area contributed by atoms with Crippen molar-refractivity contribution in [2.24, 2.45) is 11.1 Å². The molecule has 2 N–H and O–H groups in total. The number of nitrogens with two attached hydrogens (primary N) is 1. The van der Waals surface area contributed by atoms with E-state index >= 15 is 0 Å². The highest BCUT2D eigenvalue weighted by atomic mass is 16.5. The smallest absolute Gasteiger partial charge is 0.118 e. The topological polar surface area (TPSA) is 38.5 Å². The molecule has 0 bridgehead atoms. The molecule has 118 valence electrons. The fraction of sp³-hybridized carbons (Fsp3) is 0.667. The molecule has 1 fully saturated rings. The molecular formula is C18H30N2O. The summed E-state index contributed by atoms with van der Waals surface area (Å²) in [6, 6.07) is 8.80. The molecule has 2 rings (SSSR count). The van der Waals surface area contributed by atoms with Crippen LogP contribution < -0.4 is 10.5 Å². The van der Waals surface area contributed by atoms with Gasteiger partial charge in [-0.25, -0.2) is 0 Å². The summed E-state index contributed by atoms with van der Waals surface area (Å²) in [6.07, 6.45) is 3.80. The van der Waals surface area contributed by atoms with Crippen molar-refractivity contribution in [3.05, 3.63) is 29.8 Å². The van der Waals surface area contributed by atoms with Gasteiger partial charge in [-0.1, -0.05) is 26.0 Å². The lowest BCUT2D eigenvalue weighted by Crippen LogP contribution is -2.40. The molecule has 1 saturated heterocycles. The summed E-state index contributed by atoms with van der Waals surface area (Å²) >= 11 is 0. The lowest BCUT2D eigenvalue weighted by Gasteiger charge is -2.34. The minimum atomic E-state index is 0.125. The van der Waals surface area contributed by atoms with Gasteiger partial charge < -0.3 is 10.5 Å². The maximum Gasteiger partial charge on any atom is 0.118 e. The number of rotatable bonds is 4. The van der Waals surface area contributed by atoms with Crippen LogP contribution >= 0.6 is 0 Å². The number of likely N-dealkylation sites (tertiary alicyclic amines) is 1. The first kappa shape index (κ1) is 16.3. The predicted octanol–water partition coefficient (Wildman–Crippen LogP) is 3.60. The quantitative estimate of drug-likeness (QED) is 0.921. The van der Waals surface area contributed by atoms with E-state index in [2.05, 4.69) is 37.8 Å². The third kappa shape index (κ3) is 4.21. The van der Waals surface area contributed by atoms with E-state index in [1.807, 2.05) is 12.1 Å². The van der Waals surface area contributed by atoms with E-state index in [4.69, 9.17) is 10.5 Å². The van der Waals surface area contributed by atoms with Crippen LogP contribution in [0.1, 0.15) is 51.6 Å². The summed E-state index contributed by atoms with van der Waals surface area (Å²) in [5.74, 6) is 0.902. The molecule has 1 aromatic rings. The first-order chi connectivity index (χ1) is 9.93. The molecule has 2 unspecified atom stereocenters. The van der Waals surface area contributed by atoms with Crippen LogP contribution in [0, 0.1) is 5.41 Å². The second-order valence-corrected chi connectivity index (χ2v) is 7.13. The molecule has 1 aliphatic rings. The molecule has 0 amide bonds. The highest BCUT2D eigenvalue weighted by molar-refractivity contribution is 5.30. The summed E-state index contributed by atoms with van der Waals surface area (Å²) in [5, 5.41) is 0. The van der Waals surface area contributed by atoms with Gasteiger partial charge in [0.2, 0.25) is 0 Å². The lowest BCUT2D eigenvalue weighted by molar-refractivity contribution is 0.175. The van der Waals surface area contributed by atoms with Gasteiger partial charge in [0.15, 0.2) is 0 Å². The predicted molar refractivity (Wildman–Crippen MR) is 88.6 cm³/mol. The Hall–Kier alpha value is -1.06. The fourth-order valence-electron chi connectivity index (χ4n) is 3.37. The Morgan fingerprint density at radius 3 is 2.38 bits per heavy atom. The summed E-state index contributed by atoms with van der Waals surface area (Å²) < 4.78 is 5.26. The third-order valence-corrected chi connectivity index (χ3v) is 4.72. The maximum absolute atomic E-state index is 6.32. The van der Waals surface area contributed by atoms with Gasteiger partial charge in [-0.15, -0.1) is 0 Å². The molecule has 2 atom stereocenters. The Kier molecular flexibility index (Phi) is 5.28. The zero-order valence-corrected chi connectivity index (χ0v) is 13.9. The van der Waals surface area contributed by atoms with Gasteiger partial charge in [0.1, 0.15) is 5.75 Å². The Labute approximate surface area is 129 Å². The van der Waals surface area contributed by atoms with Crippen molar-refractivity contribution in [3.63, 3.8) is 0 Å². The average molecular weight is 290 g/mol. The van der Waals surface area contributed by atoms with Gasteiger partial charge in [0, 0.05) is 12.1 Å². The number of nitrogens with zero attached hydrogens (tertiary/aromatic N) is 1. The van der Waals surface area contributed by atoms with E-state index in [0.717, 1.165) is 18.8 Å². The molecular weight excluding hydrogens is 260 g/mol. The van der Waals surface area contributed by atoms with Gasteiger partial charge in [0.05, 0.1) is 7.11 Å². The summed E-state index contributed by atoms with van der Waals surface area (Å²) in [5.41, 5.74) is 8.07. The van der Waals surface area contributed by atoms with Crippen LogP contribution in [0.15, 0.2) is 24.3 Å². The molecule has 3 nitrogen and oxygen atoms in total. The zero-order valence-electron chi connectivity index (χ0n) is 13.9. The van der Waals surface area contributed by atoms with Gasteiger partial charge in [-0.2, -0.15) is 0 Å². The minimum Gasteiger partial charge on any atom is -0.497 e. The summed E-state index contributed by atoms with van der Waals surface area (Å²) in [6.45, 7) is 9.15. The number of benzene rings is 1. The standard InChI is InChI=1S/C18H30N2O/c1-14(19)17(15-6-8-16(21-4)9-7-15)20-12-5-10-18(2,3)11-13-20/h6-9,14,17H,5,10-13,19H2,1-4H3. The molecule has 0 aliphatic carbocycles. The number of ether oxygens (including phenoxy) is 1. The Balaban J connectivity index is 2.17. The summed E-state index contributed by atoms with van der Waals surface area (Å²) in [7, 11) is 1.70. The Bertz CT molecular complexity index is 439. The van der Waals surface area contributed by atoms with Crippen molar-refractivity contribution in [3.8, 4) is 5.75 Å². The van der Waals surface area contributed by atoms with Crippen LogP contribution in [0.4, 0.5) is 0 Å². The van der Waals surface area contributed by atoms with Crippen molar-refractivity contribution in [1.82, 2.24) is 4.90 Å². The van der Waals surface area contributed by atoms with E-state index in [-0.39, 0.29) is 6.04 Å². The Morgan fingerprint density at radius 2 is 1.81 bits per heavy atom. The normalized spacial score (nSPS) is 22.3. The van der Waals surface area contributed by atoms with Crippen LogP contribution in [0.3, 0.4) is 0 Å². The van der Waals surface area contributed by atoms with Gasteiger partial charge in [-0.3, -0.25) is 4.90 Å². The molecule has 21 heavy (non-hydrogen) atoms. The van der Waals surface area contributed by atoms with Crippen molar-refractivity contribution in [2.75, 3.05) is 20.2 Å². The number of hydrogen-bond acceptors (Lipinski definition) is 3. The van der Waals surface area contributed by atoms with E-state index in [1.165, 1.54) is 24.8 Å². The van der Waals surface area contributed by atoms with E-state index in [1.54, 1.807) is 7.11 Å². The van der Waals surface area contributed by atoms with Crippen molar-refractivity contribution in [1.29, 1.82) is 0 Å². The SMILES string of the molecule is COc1ccc(C(C(C)N)N2CCCC(C)(C)CC2)cc1.